The molecule has 1 unspecified atom stereocenters. The van der Waals surface area contributed by atoms with Gasteiger partial charge in [0.25, 0.3) is 5.91 Å². The van der Waals surface area contributed by atoms with Crippen LogP contribution in [0.25, 0.3) is 0 Å². The molecule has 110 valence electrons. The Labute approximate surface area is 118 Å². The van der Waals surface area contributed by atoms with Crippen LogP contribution in [0.5, 0.6) is 5.75 Å². The maximum atomic E-state index is 11.9. The van der Waals surface area contributed by atoms with Crippen molar-refractivity contribution in [2.45, 2.75) is 26.8 Å². The first-order valence-electron chi connectivity index (χ1n) is 6.46. The summed E-state index contributed by atoms with van der Waals surface area (Å²) in [6.07, 6.45) is 0. The van der Waals surface area contributed by atoms with Crippen molar-refractivity contribution in [2.75, 3.05) is 18.5 Å². The largest absolute Gasteiger partial charge is 0.492 e. The highest BCUT2D eigenvalue weighted by molar-refractivity contribution is 6.08. The molecule has 0 fully saturated rings. The van der Waals surface area contributed by atoms with Crippen molar-refractivity contribution in [1.29, 1.82) is 0 Å². The van der Waals surface area contributed by atoms with Crippen LogP contribution in [0.15, 0.2) is 18.2 Å². The van der Waals surface area contributed by atoms with E-state index in [0.29, 0.717) is 18.0 Å². The standard InChI is InChI=1S/C14H20N2O4/c1-4-19-11-8-9(3)6-7-10(11)16-13(17)12(15)14(18)20-5-2/h6-8,12H,4-5,15H2,1-3H3,(H,16,17). The molecule has 0 radical (unpaired) electrons. The number of nitrogens with one attached hydrogen (secondary N) is 1. The number of esters is 1. The minimum Gasteiger partial charge on any atom is -0.492 e. The van der Waals surface area contributed by atoms with E-state index in [-0.39, 0.29) is 6.61 Å². The molecule has 6 heteroatoms. The van der Waals surface area contributed by atoms with E-state index in [1.807, 2.05) is 19.9 Å². The van der Waals surface area contributed by atoms with Crippen molar-refractivity contribution < 1.29 is 19.1 Å². The van der Waals surface area contributed by atoms with Crippen LogP contribution in [0.4, 0.5) is 5.69 Å². The normalized spacial score (nSPS) is 11.6. The van der Waals surface area contributed by atoms with Crippen molar-refractivity contribution in [1.82, 2.24) is 0 Å². The van der Waals surface area contributed by atoms with Gasteiger partial charge in [-0.3, -0.25) is 4.79 Å². The van der Waals surface area contributed by atoms with Gasteiger partial charge in [-0.1, -0.05) is 6.07 Å². The number of anilines is 1. The summed E-state index contributed by atoms with van der Waals surface area (Å²) in [5.74, 6) is -0.847. The molecule has 3 N–H and O–H groups in total. The fourth-order valence-electron chi connectivity index (χ4n) is 1.56. The van der Waals surface area contributed by atoms with E-state index in [2.05, 4.69) is 5.32 Å². The number of rotatable bonds is 6. The number of hydrogen-bond donors (Lipinski definition) is 2. The maximum absolute atomic E-state index is 11.9. The summed E-state index contributed by atoms with van der Waals surface area (Å²) in [5.41, 5.74) is 7.00. The summed E-state index contributed by atoms with van der Waals surface area (Å²) in [7, 11) is 0. The van der Waals surface area contributed by atoms with E-state index in [4.69, 9.17) is 15.2 Å². The van der Waals surface area contributed by atoms with Crippen molar-refractivity contribution in [3.63, 3.8) is 0 Å². The van der Waals surface area contributed by atoms with E-state index in [1.54, 1.807) is 19.1 Å². The Morgan fingerprint density at radius 3 is 2.60 bits per heavy atom. The van der Waals surface area contributed by atoms with E-state index < -0.39 is 17.9 Å². The molecule has 0 heterocycles. The highest BCUT2D eigenvalue weighted by Crippen LogP contribution is 2.25. The molecule has 1 amide bonds. The first kappa shape index (κ1) is 16.0. The SMILES string of the molecule is CCOC(=O)C(N)C(=O)Nc1ccc(C)cc1OCC. The van der Waals surface area contributed by atoms with Gasteiger partial charge in [-0.25, -0.2) is 4.79 Å². The second kappa shape index (κ2) is 7.49. The number of ether oxygens (including phenoxy) is 2. The molecule has 20 heavy (non-hydrogen) atoms. The number of amides is 1. The van der Waals surface area contributed by atoms with Crippen LogP contribution in [0.1, 0.15) is 19.4 Å². The second-order valence-corrected chi connectivity index (χ2v) is 4.15. The van der Waals surface area contributed by atoms with Gasteiger partial charge in [0.05, 0.1) is 18.9 Å². The molecule has 1 rings (SSSR count). The lowest BCUT2D eigenvalue weighted by Crippen LogP contribution is -2.43. The average Bonchev–Trinajstić information content (AvgIpc) is 2.41. The first-order valence-corrected chi connectivity index (χ1v) is 6.46. The smallest absolute Gasteiger partial charge is 0.332 e. The third-order valence-corrected chi connectivity index (χ3v) is 2.52. The molecule has 0 bridgehead atoms. The van der Waals surface area contributed by atoms with Crippen LogP contribution in [0.3, 0.4) is 0 Å². The van der Waals surface area contributed by atoms with E-state index in [9.17, 15) is 9.59 Å². The van der Waals surface area contributed by atoms with Crippen molar-refractivity contribution in [3.05, 3.63) is 23.8 Å². The highest BCUT2D eigenvalue weighted by Gasteiger charge is 2.24. The summed E-state index contributed by atoms with van der Waals surface area (Å²) >= 11 is 0. The number of hydrogen-bond acceptors (Lipinski definition) is 5. The van der Waals surface area contributed by atoms with E-state index in [1.165, 1.54) is 0 Å². The topological polar surface area (TPSA) is 90.7 Å². The third-order valence-electron chi connectivity index (χ3n) is 2.52. The van der Waals surface area contributed by atoms with Gasteiger partial charge in [0.1, 0.15) is 5.75 Å². The summed E-state index contributed by atoms with van der Waals surface area (Å²) < 4.78 is 10.1. The molecule has 1 aromatic carbocycles. The Bertz CT molecular complexity index is 488. The van der Waals surface area contributed by atoms with Gasteiger partial charge in [0.15, 0.2) is 6.04 Å². The van der Waals surface area contributed by atoms with Crippen molar-refractivity contribution in [2.24, 2.45) is 5.73 Å². The molecule has 0 aromatic heterocycles. The number of carbonyl (C=O) groups excluding carboxylic acids is 2. The number of nitrogens with two attached hydrogens (primary N) is 1. The predicted molar refractivity (Wildman–Crippen MR) is 75.6 cm³/mol. The summed E-state index contributed by atoms with van der Waals surface area (Å²) in [4.78, 5) is 23.3. The lowest BCUT2D eigenvalue weighted by Gasteiger charge is -2.14. The molecule has 1 aromatic rings. The number of aryl methyl sites for hydroxylation is 1. The zero-order valence-corrected chi connectivity index (χ0v) is 11.9. The van der Waals surface area contributed by atoms with Gasteiger partial charge in [0.2, 0.25) is 0 Å². The van der Waals surface area contributed by atoms with Crippen LogP contribution < -0.4 is 15.8 Å². The summed E-state index contributed by atoms with van der Waals surface area (Å²) in [6.45, 7) is 6.05. The van der Waals surface area contributed by atoms with Gasteiger partial charge in [-0.05, 0) is 38.5 Å². The minimum atomic E-state index is -1.36. The van der Waals surface area contributed by atoms with Gasteiger partial charge in [-0.2, -0.15) is 0 Å². The van der Waals surface area contributed by atoms with Crippen molar-refractivity contribution in [3.8, 4) is 5.75 Å². The molecule has 0 aliphatic rings. The first-order chi connectivity index (χ1) is 9.49. The Kier molecular flexibility index (Phi) is 5.99. The van der Waals surface area contributed by atoms with E-state index in [0.717, 1.165) is 5.56 Å². The molecule has 0 saturated carbocycles. The van der Waals surface area contributed by atoms with Crippen molar-refractivity contribution >= 4 is 17.6 Å². The van der Waals surface area contributed by atoms with Crippen LogP contribution in [0.2, 0.25) is 0 Å². The highest BCUT2D eigenvalue weighted by atomic mass is 16.5. The fourth-order valence-corrected chi connectivity index (χ4v) is 1.56. The number of benzene rings is 1. The molecule has 0 spiro atoms. The van der Waals surface area contributed by atoms with Gasteiger partial charge >= 0.3 is 5.97 Å². The predicted octanol–water partition coefficient (Wildman–Crippen LogP) is 1.22. The van der Waals surface area contributed by atoms with Crippen LogP contribution in [-0.4, -0.2) is 31.1 Å². The van der Waals surface area contributed by atoms with Gasteiger partial charge in [0, 0.05) is 0 Å². The van der Waals surface area contributed by atoms with Crippen LogP contribution in [0, 0.1) is 6.92 Å². The Balaban J connectivity index is 2.82. The monoisotopic (exact) mass is 280 g/mol. The Hall–Kier alpha value is -2.08. The van der Waals surface area contributed by atoms with Gasteiger partial charge < -0.3 is 20.5 Å². The third kappa shape index (κ3) is 4.24. The zero-order chi connectivity index (χ0) is 15.1. The van der Waals surface area contributed by atoms with Crippen LogP contribution in [-0.2, 0) is 14.3 Å². The molecule has 0 saturated heterocycles. The molecule has 1 atom stereocenters. The van der Waals surface area contributed by atoms with Gasteiger partial charge in [-0.15, -0.1) is 0 Å². The summed E-state index contributed by atoms with van der Waals surface area (Å²) in [6, 6.07) is 3.98. The average molecular weight is 280 g/mol. The zero-order valence-electron chi connectivity index (χ0n) is 11.9. The Morgan fingerprint density at radius 2 is 2.00 bits per heavy atom. The molecule has 6 nitrogen and oxygen atoms in total. The molecule has 0 aliphatic heterocycles. The molecule has 0 aliphatic carbocycles. The Morgan fingerprint density at radius 1 is 1.30 bits per heavy atom. The van der Waals surface area contributed by atoms with E-state index >= 15 is 0 Å². The second-order valence-electron chi connectivity index (χ2n) is 4.15. The van der Waals surface area contributed by atoms with Crippen LogP contribution >= 0.6 is 0 Å². The molecular formula is C14H20N2O4. The lowest BCUT2D eigenvalue weighted by atomic mass is 10.2. The maximum Gasteiger partial charge on any atom is 0.332 e. The minimum absolute atomic E-state index is 0.175. The summed E-state index contributed by atoms with van der Waals surface area (Å²) in [5, 5.41) is 2.57. The molecular weight excluding hydrogens is 260 g/mol. The number of carbonyl (C=O) groups is 2. The lowest BCUT2D eigenvalue weighted by molar-refractivity contribution is -0.146. The fraction of sp³-hybridized carbons (Fsp3) is 0.429. The quantitative estimate of drug-likeness (QED) is 0.604.